The second-order valence-electron chi connectivity index (χ2n) is 6.76. The van der Waals surface area contributed by atoms with Gasteiger partial charge in [0.2, 0.25) is 10.1 Å². The number of rotatable bonds is 6. The van der Waals surface area contributed by atoms with E-state index in [0.717, 1.165) is 22.7 Å². The third-order valence-electron chi connectivity index (χ3n) is 4.44. The maximum atomic E-state index is 10.0. The van der Waals surface area contributed by atoms with Crippen molar-refractivity contribution in [3.05, 3.63) is 71.5 Å². The van der Waals surface area contributed by atoms with Gasteiger partial charge in [-0.05, 0) is 45.0 Å². The van der Waals surface area contributed by atoms with E-state index in [1.807, 2.05) is 75.4 Å². The Bertz CT molecular complexity index is 1240. The molecule has 31 heavy (non-hydrogen) atoms. The number of aromatic hydroxyl groups is 1. The van der Waals surface area contributed by atoms with Crippen molar-refractivity contribution in [3.63, 3.8) is 0 Å². The van der Waals surface area contributed by atoms with Gasteiger partial charge in [-0.2, -0.15) is 10.1 Å². The van der Waals surface area contributed by atoms with Gasteiger partial charge in [-0.3, -0.25) is 5.43 Å². The average Bonchev–Trinajstić information content (AvgIpc) is 3.34. The molecule has 0 aliphatic rings. The molecule has 0 amide bonds. The Morgan fingerprint density at radius 1 is 1.03 bits per heavy atom. The largest absolute Gasteiger partial charge is 0.491 e. The fourth-order valence-corrected chi connectivity index (χ4v) is 3.42. The smallest absolute Gasteiger partial charge is 0.253 e. The summed E-state index contributed by atoms with van der Waals surface area (Å²) in [6.45, 7) is 5.80. The lowest BCUT2D eigenvalue weighted by molar-refractivity contribution is 0.459. The Labute approximate surface area is 182 Å². The molecule has 4 aromatic rings. The molecule has 0 bridgehead atoms. The second-order valence-corrected chi connectivity index (χ2v) is 7.74. The number of hydrazone groups is 1. The van der Waals surface area contributed by atoms with Gasteiger partial charge in [-0.15, -0.1) is 15.3 Å². The van der Waals surface area contributed by atoms with Gasteiger partial charge in [-0.25, -0.2) is 4.68 Å². The normalized spacial score (nSPS) is 11.9. The lowest BCUT2D eigenvalue weighted by Crippen LogP contribution is -2.04. The predicted octanol–water partition coefficient (Wildman–Crippen LogP) is 5.30. The molecule has 156 valence electrons. The highest BCUT2D eigenvalue weighted by atomic mass is 32.1. The molecule has 0 spiro atoms. The summed E-state index contributed by atoms with van der Waals surface area (Å²) in [5.41, 5.74) is 7.81. The number of aryl methyl sites for hydroxylation is 1. The van der Waals surface area contributed by atoms with Crippen LogP contribution in [0.5, 0.6) is 5.88 Å². The number of thiazole rings is 1. The zero-order chi connectivity index (χ0) is 21.8. The highest BCUT2D eigenvalue weighted by Crippen LogP contribution is 2.37. The summed E-state index contributed by atoms with van der Waals surface area (Å²) in [5, 5.41) is 31.7. The summed E-state index contributed by atoms with van der Waals surface area (Å²) in [6.07, 6.45) is 0. The fourth-order valence-electron chi connectivity index (χ4n) is 2.79. The minimum atomic E-state index is -0.207. The Kier molecular flexibility index (Phi) is 5.80. The summed E-state index contributed by atoms with van der Waals surface area (Å²) < 4.78 is 1.77. The first-order chi connectivity index (χ1) is 15.0. The summed E-state index contributed by atoms with van der Waals surface area (Å²) in [7, 11) is 0. The van der Waals surface area contributed by atoms with Gasteiger partial charge in [0.15, 0.2) is 0 Å². The van der Waals surface area contributed by atoms with E-state index < -0.39 is 0 Å². The highest BCUT2D eigenvalue weighted by Gasteiger charge is 2.14. The van der Waals surface area contributed by atoms with Crippen LogP contribution in [0.15, 0.2) is 69.9 Å². The van der Waals surface area contributed by atoms with Crippen LogP contribution in [-0.4, -0.2) is 30.8 Å². The Morgan fingerprint density at radius 3 is 2.52 bits per heavy atom. The Hall–Kier alpha value is -3.92. The third-order valence-corrected chi connectivity index (χ3v) is 5.27. The van der Waals surface area contributed by atoms with Crippen LogP contribution in [0, 0.1) is 13.8 Å². The third kappa shape index (κ3) is 4.64. The SMILES string of the molecule is C/C(=N\Nc1nc(O)c(N=Nc2ccccc2)s1)c1nnn(-c2ccc(C)cc2)c1C. The molecule has 0 radical (unpaired) electrons. The van der Waals surface area contributed by atoms with E-state index in [4.69, 9.17) is 0 Å². The van der Waals surface area contributed by atoms with Crippen molar-refractivity contribution in [3.8, 4) is 11.6 Å². The van der Waals surface area contributed by atoms with E-state index in [9.17, 15) is 5.11 Å². The molecular formula is C21H20N8OS. The van der Waals surface area contributed by atoms with Gasteiger partial charge in [-0.1, -0.05) is 52.4 Å². The molecule has 0 fully saturated rings. The fraction of sp³-hybridized carbons (Fsp3) is 0.143. The van der Waals surface area contributed by atoms with Gasteiger partial charge >= 0.3 is 0 Å². The number of hydrogen-bond donors (Lipinski definition) is 2. The molecule has 0 atom stereocenters. The van der Waals surface area contributed by atoms with Crippen molar-refractivity contribution in [2.45, 2.75) is 20.8 Å². The van der Waals surface area contributed by atoms with Crippen molar-refractivity contribution in [2.75, 3.05) is 5.43 Å². The molecule has 2 aromatic heterocycles. The monoisotopic (exact) mass is 432 g/mol. The molecule has 10 heteroatoms. The molecule has 9 nitrogen and oxygen atoms in total. The van der Waals surface area contributed by atoms with Gasteiger partial charge in [0, 0.05) is 0 Å². The number of hydrogen-bond acceptors (Lipinski definition) is 9. The van der Waals surface area contributed by atoms with Crippen LogP contribution >= 0.6 is 11.3 Å². The first-order valence-corrected chi connectivity index (χ1v) is 10.3. The lowest BCUT2D eigenvalue weighted by Gasteiger charge is -2.04. The second kappa shape index (κ2) is 8.84. The number of nitrogens with one attached hydrogen (secondary N) is 1. The molecule has 0 unspecified atom stereocenters. The van der Waals surface area contributed by atoms with Crippen molar-refractivity contribution >= 4 is 32.9 Å². The van der Waals surface area contributed by atoms with E-state index in [-0.39, 0.29) is 5.88 Å². The van der Waals surface area contributed by atoms with Crippen LogP contribution in [0.2, 0.25) is 0 Å². The maximum Gasteiger partial charge on any atom is 0.253 e. The summed E-state index contributed by atoms with van der Waals surface area (Å²) in [6, 6.07) is 17.3. The summed E-state index contributed by atoms with van der Waals surface area (Å²) in [4.78, 5) is 4.03. The van der Waals surface area contributed by atoms with Crippen LogP contribution in [0.1, 0.15) is 23.9 Å². The average molecular weight is 433 g/mol. The van der Waals surface area contributed by atoms with Gasteiger partial charge in [0.1, 0.15) is 5.69 Å². The predicted molar refractivity (Wildman–Crippen MR) is 121 cm³/mol. The maximum absolute atomic E-state index is 10.0. The Balaban J connectivity index is 1.49. The molecule has 0 aliphatic heterocycles. The number of anilines is 1. The van der Waals surface area contributed by atoms with Crippen LogP contribution in [0.4, 0.5) is 15.8 Å². The highest BCUT2D eigenvalue weighted by molar-refractivity contribution is 7.19. The van der Waals surface area contributed by atoms with Crippen molar-refractivity contribution in [2.24, 2.45) is 15.3 Å². The Morgan fingerprint density at radius 2 is 1.77 bits per heavy atom. The van der Waals surface area contributed by atoms with Crippen LogP contribution in [0.25, 0.3) is 5.69 Å². The summed E-state index contributed by atoms with van der Waals surface area (Å²) >= 11 is 1.14. The van der Waals surface area contributed by atoms with E-state index in [1.54, 1.807) is 4.68 Å². The number of benzene rings is 2. The van der Waals surface area contributed by atoms with Crippen LogP contribution in [0.3, 0.4) is 0 Å². The van der Waals surface area contributed by atoms with E-state index in [1.165, 1.54) is 5.56 Å². The van der Waals surface area contributed by atoms with Gasteiger partial charge in [0.05, 0.1) is 22.8 Å². The van der Waals surface area contributed by atoms with Crippen molar-refractivity contribution in [1.82, 2.24) is 20.0 Å². The first-order valence-electron chi connectivity index (χ1n) is 9.48. The molecule has 2 N–H and O–H groups in total. The van der Waals surface area contributed by atoms with E-state index >= 15 is 0 Å². The molecule has 0 saturated carbocycles. The quantitative estimate of drug-likeness (QED) is 0.244. The lowest BCUT2D eigenvalue weighted by atomic mass is 10.2. The zero-order valence-corrected chi connectivity index (χ0v) is 18.0. The first kappa shape index (κ1) is 20.4. The molecule has 0 saturated heterocycles. The molecular weight excluding hydrogens is 412 g/mol. The zero-order valence-electron chi connectivity index (χ0n) is 17.2. The van der Waals surface area contributed by atoms with Crippen LogP contribution < -0.4 is 5.43 Å². The molecule has 2 heterocycles. The molecule has 2 aromatic carbocycles. The number of nitrogens with zero attached hydrogens (tertiary/aromatic N) is 7. The number of azo groups is 1. The molecule has 4 rings (SSSR count). The molecule has 0 aliphatic carbocycles. The van der Waals surface area contributed by atoms with Crippen molar-refractivity contribution in [1.29, 1.82) is 0 Å². The van der Waals surface area contributed by atoms with Crippen molar-refractivity contribution < 1.29 is 5.11 Å². The minimum Gasteiger partial charge on any atom is -0.491 e. The van der Waals surface area contributed by atoms with Gasteiger partial charge in [0.25, 0.3) is 5.88 Å². The number of aromatic nitrogens is 4. The summed E-state index contributed by atoms with van der Waals surface area (Å²) in [5.74, 6) is -0.207. The van der Waals surface area contributed by atoms with E-state index in [2.05, 4.69) is 36.1 Å². The standard InChI is InChI=1S/C21H20N8OS/c1-13-9-11-17(12-10-13)29-15(3)18(25-28-29)14(2)23-27-21-22-19(30)20(31-21)26-24-16-7-5-4-6-8-16/h4-12,30H,1-3H3,(H,22,27)/b23-14+,26-24?. The topological polar surface area (TPSA) is 113 Å². The van der Waals surface area contributed by atoms with Crippen LogP contribution in [-0.2, 0) is 0 Å². The van der Waals surface area contributed by atoms with Gasteiger partial charge < -0.3 is 5.11 Å². The van der Waals surface area contributed by atoms with E-state index in [0.29, 0.717) is 27.2 Å². The minimum absolute atomic E-state index is 0.207.